The predicted octanol–water partition coefficient (Wildman–Crippen LogP) is 4.73. The van der Waals surface area contributed by atoms with Crippen molar-refractivity contribution in [2.45, 2.75) is 26.8 Å². The van der Waals surface area contributed by atoms with Crippen LogP contribution in [0.25, 0.3) is 10.1 Å². The quantitative estimate of drug-likeness (QED) is 0.752. The number of fused-ring (bicyclic) bond motifs is 1. The molecule has 3 rings (SSSR count). The zero-order chi connectivity index (χ0) is 14.3. The van der Waals surface area contributed by atoms with Gasteiger partial charge in [-0.25, -0.2) is 0 Å². The lowest BCUT2D eigenvalue weighted by Crippen LogP contribution is -2.18. The van der Waals surface area contributed by atoms with E-state index in [9.17, 15) is 0 Å². The van der Waals surface area contributed by atoms with Crippen molar-refractivity contribution in [2.75, 3.05) is 7.05 Å². The van der Waals surface area contributed by atoms with Gasteiger partial charge in [0, 0.05) is 10.3 Å². The lowest BCUT2D eigenvalue weighted by Gasteiger charge is -2.16. The number of rotatable bonds is 3. The second-order valence-electron chi connectivity index (χ2n) is 5.16. The highest BCUT2D eigenvalue weighted by molar-refractivity contribution is 7.17. The molecule has 20 heavy (non-hydrogen) atoms. The van der Waals surface area contributed by atoms with Crippen LogP contribution < -0.4 is 5.32 Å². The Labute approximate surface area is 123 Å². The largest absolute Gasteiger partial charge is 0.466 e. The molecule has 0 bridgehead atoms. The van der Waals surface area contributed by atoms with Gasteiger partial charge in [-0.2, -0.15) is 0 Å². The molecule has 0 aliphatic carbocycles. The maximum Gasteiger partial charge on any atom is 0.106 e. The van der Waals surface area contributed by atoms with Crippen molar-refractivity contribution >= 4 is 21.4 Å². The number of hydrogen-bond donors (Lipinski definition) is 1. The third-order valence-electron chi connectivity index (χ3n) is 4.02. The Morgan fingerprint density at radius 1 is 1.10 bits per heavy atom. The molecule has 0 aliphatic heterocycles. The third-order valence-corrected chi connectivity index (χ3v) is 5.00. The number of benzene rings is 1. The first-order valence-electron chi connectivity index (χ1n) is 6.83. The molecule has 2 heterocycles. The molecule has 0 saturated carbocycles. The molecule has 1 unspecified atom stereocenters. The Morgan fingerprint density at radius 2 is 1.85 bits per heavy atom. The van der Waals surface area contributed by atoms with E-state index in [0.717, 1.165) is 11.5 Å². The molecule has 0 radical (unpaired) electrons. The van der Waals surface area contributed by atoms with E-state index < -0.39 is 0 Å². The summed E-state index contributed by atoms with van der Waals surface area (Å²) in [5.41, 5.74) is 3.85. The number of thiophene rings is 1. The van der Waals surface area contributed by atoms with E-state index in [1.165, 1.54) is 26.8 Å². The fourth-order valence-corrected chi connectivity index (χ4v) is 3.90. The lowest BCUT2D eigenvalue weighted by atomic mass is 9.95. The Hall–Kier alpha value is -1.58. The molecule has 0 fully saturated rings. The highest BCUT2D eigenvalue weighted by Crippen LogP contribution is 2.37. The Morgan fingerprint density at radius 3 is 2.50 bits per heavy atom. The van der Waals surface area contributed by atoms with Crippen molar-refractivity contribution in [3.63, 3.8) is 0 Å². The molecule has 1 N–H and O–H groups in total. The van der Waals surface area contributed by atoms with Gasteiger partial charge in [0.2, 0.25) is 0 Å². The van der Waals surface area contributed by atoms with Gasteiger partial charge in [-0.05, 0) is 55.8 Å². The molecular formula is C17H19NOS. The van der Waals surface area contributed by atoms with Crippen LogP contribution in [-0.4, -0.2) is 7.05 Å². The van der Waals surface area contributed by atoms with Crippen LogP contribution >= 0.6 is 11.3 Å². The van der Waals surface area contributed by atoms with Crippen LogP contribution in [0.5, 0.6) is 0 Å². The third kappa shape index (κ3) is 1.98. The average Bonchev–Trinajstić information content (AvgIpc) is 2.97. The van der Waals surface area contributed by atoms with E-state index >= 15 is 0 Å². The summed E-state index contributed by atoms with van der Waals surface area (Å²) in [5.74, 6) is 2.02. The predicted molar refractivity (Wildman–Crippen MR) is 85.6 cm³/mol. The summed E-state index contributed by atoms with van der Waals surface area (Å²) in [5, 5.41) is 7.04. The van der Waals surface area contributed by atoms with Crippen LogP contribution in [0, 0.1) is 20.8 Å². The van der Waals surface area contributed by atoms with Crippen LogP contribution in [0.1, 0.15) is 34.3 Å². The molecule has 3 aromatic rings. The van der Waals surface area contributed by atoms with Gasteiger partial charge in [0.25, 0.3) is 0 Å². The lowest BCUT2D eigenvalue weighted by molar-refractivity contribution is 0.496. The standard InChI is InChI=1S/C17H19NOS/c1-10-11(2)19-12(3)16(10)17(18-4)14-9-20-15-8-6-5-7-13(14)15/h5-9,17-18H,1-4H3. The van der Waals surface area contributed by atoms with E-state index in [2.05, 4.69) is 41.9 Å². The van der Waals surface area contributed by atoms with Gasteiger partial charge in [-0.3, -0.25) is 0 Å². The number of furan rings is 1. The minimum atomic E-state index is 0.184. The Bertz CT molecular complexity index is 754. The van der Waals surface area contributed by atoms with E-state index in [1.54, 1.807) is 11.3 Å². The molecule has 0 aliphatic rings. The highest BCUT2D eigenvalue weighted by atomic mass is 32.1. The van der Waals surface area contributed by atoms with Crippen LogP contribution in [-0.2, 0) is 0 Å². The van der Waals surface area contributed by atoms with Crippen molar-refractivity contribution in [2.24, 2.45) is 0 Å². The van der Waals surface area contributed by atoms with E-state index in [4.69, 9.17) is 4.42 Å². The van der Waals surface area contributed by atoms with Gasteiger partial charge in [0.15, 0.2) is 0 Å². The molecule has 3 heteroatoms. The molecule has 0 saturated heterocycles. The first-order valence-corrected chi connectivity index (χ1v) is 7.71. The summed E-state index contributed by atoms with van der Waals surface area (Å²) in [6.45, 7) is 6.22. The van der Waals surface area contributed by atoms with Crippen molar-refractivity contribution in [1.82, 2.24) is 5.32 Å². The van der Waals surface area contributed by atoms with E-state index in [1.807, 2.05) is 20.9 Å². The normalized spacial score (nSPS) is 13.0. The summed E-state index contributed by atoms with van der Waals surface area (Å²) in [4.78, 5) is 0. The fraction of sp³-hybridized carbons (Fsp3) is 0.294. The summed E-state index contributed by atoms with van der Waals surface area (Å²) in [6.07, 6.45) is 0. The maximum absolute atomic E-state index is 5.80. The molecule has 0 spiro atoms. The second kappa shape index (κ2) is 5.08. The first kappa shape index (κ1) is 13.4. The van der Waals surface area contributed by atoms with Gasteiger partial charge in [-0.1, -0.05) is 18.2 Å². The van der Waals surface area contributed by atoms with Gasteiger partial charge in [-0.15, -0.1) is 11.3 Å². The highest BCUT2D eigenvalue weighted by Gasteiger charge is 2.23. The number of aryl methyl sites for hydroxylation is 2. The minimum absolute atomic E-state index is 0.184. The van der Waals surface area contributed by atoms with Crippen molar-refractivity contribution < 1.29 is 4.42 Å². The van der Waals surface area contributed by atoms with Crippen molar-refractivity contribution in [1.29, 1.82) is 0 Å². The summed E-state index contributed by atoms with van der Waals surface area (Å²) >= 11 is 1.80. The Kier molecular flexibility index (Phi) is 3.40. The molecule has 2 nitrogen and oxygen atoms in total. The monoisotopic (exact) mass is 285 g/mol. The smallest absolute Gasteiger partial charge is 0.106 e. The second-order valence-corrected chi connectivity index (χ2v) is 6.07. The van der Waals surface area contributed by atoms with Gasteiger partial charge < -0.3 is 9.73 Å². The van der Waals surface area contributed by atoms with Crippen LogP contribution in [0.3, 0.4) is 0 Å². The zero-order valence-electron chi connectivity index (χ0n) is 12.3. The van der Waals surface area contributed by atoms with Crippen LogP contribution in [0.15, 0.2) is 34.1 Å². The van der Waals surface area contributed by atoms with Gasteiger partial charge >= 0.3 is 0 Å². The van der Waals surface area contributed by atoms with Gasteiger partial charge in [0.1, 0.15) is 11.5 Å². The van der Waals surface area contributed by atoms with E-state index in [-0.39, 0.29) is 6.04 Å². The maximum atomic E-state index is 5.80. The summed E-state index contributed by atoms with van der Waals surface area (Å²) < 4.78 is 7.13. The average molecular weight is 285 g/mol. The zero-order valence-corrected chi connectivity index (χ0v) is 13.1. The number of hydrogen-bond acceptors (Lipinski definition) is 3. The summed E-state index contributed by atoms with van der Waals surface area (Å²) in [7, 11) is 2.01. The fourth-order valence-electron chi connectivity index (χ4n) is 2.91. The molecule has 1 aromatic carbocycles. The molecule has 104 valence electrons. The van der Waals surface area contributed by atoms with E-state index in [0.29, 0.717) is 0 Å². The van der Waals surface area contributed by atoms with Gasteiger partial charge in [0.05, 0.1) is 6.04 Å². The van der Waals surface area contributed by atoms with Crippen molar-refractivity contribution in [3.05, 3.63) is 57.9 Å². The van der Waals surface area contributed by atoms with Crippen LogP contribution in [0.4, 0.5) is 0 Å². The summed E-state index contributed by atoms with van der Waals surface area (Å²) in [6, 6.07) is 8.75. The molecule has 1 atom stereocenters. The minimum Gasteiger partial charge on any atom is -0.466 e. The molecule has 0 amide bonds. The SMILES string of the molecule is CNC(c1c(C)oc(C)c1C)c1csc2ccccc12. The Balaban J connectivity index is 2.19. The van der Waals surface area contributed by atoms with Crippen LogP contribution in [0.2, 0.25) is 0 Å². The molecular weight excluding hydrogens is 266 g/mol. The first-order chi connectivity index (χ1) is 9.63. The number of nitrogens with one attached hydrogen (secondary N) is 1. The van der Waals surface area contributed by atoms with Crippen molar-refractivity contribution in [3.8, 4) is 0 Å². The molecule has 2 aromatic heterocycles. The topological polar surface area (TPSA) is 25.2 Å².